The van der Waals surface area contributed by atoms with Gasteiger partial charge in [0.1, 0.15) is 11.2 Å². The van der Waals surface area contributed by atoms with Crippen LogP contribution in [0.2, 0.25) is 0 Å². The summed E-state index contributed by atoms with van der Waals surface area (Å²) in [5.74, 6) is -0.503. The van der Waals surface area contributed by atoms with E-state index in [1.165, 1.54) is 6.20 Å². The van der Waals surface area contributed by atoms with Crippen LogP contribution in [0.15, 0.2) is 52.2 Å². The fraction of sp³-hybridized carbons (Fsp3) is 0.190. The number of aromatic amines is 1. The van der Waals surface area contributed by atoms with Gasteiger partial charge in [-0.05, 0) is 32.0 Å². The molecular weight excluding hydrogens is 370 g/mol. The number of carbonyl (C=O) groups excluding carboxylic acids is 1. The van der Waals surface area contributed by atoms with Crippen molar-refractivity contribution in [3.8, 4) is 0 Å². The number of hydrogen-bond acceptors (Lipinski definition) is 5. The Labute approximate surface area is 165 Å². The van der Waals surface area contributed by atoms with E-state index < -0.39 is 5.91 Å². The molecule has 146 valence electrons. The summed E-state index contributed by atoms with van der Waals surface area (Å²) in [6, 6.07) is 10.5. The number of carbonyl (C=O) groups is 1. The Balaban J connectivity index is 1.70. The number of nitrogens with one attached hydrogen (secondary N) is 2. The first-order chi connectivity index (χ1) is 14.0. The number of fused-ring (bicyclic) bond motifs is 2. The molecule has 0 aliphatic carbocycles. The molecule has 3 heterocycles. The molecule has 2 N–H and O–H groups in total. The zero-order valence-corrected chi connectivity index (χ0v) is 16.0. The Morgan fingerprint density at radius 3 is 2.62 bits per heavy atom. The van der Waals surface area contributed by atoms with E-state index in [-0.39, 0.29) is 23.1 Å². The molecule has 1 amide bonds. The maximum absolute atomic E-state index is 12.8. The molecule has 4 aromatic rings. The van der Waals surface area contributed by atoms with Crippen LogP contribution in [0.3, 0.4) is 0 Å². The number of amides is 1. The van der Waals surface area contributed by atoms with E-state index >= 15 is 0 Å². The normalized spacial score (nSPS) is 11.1. The van der Waals surface area contributed by atoms with Gasteiger partial charge in [-0.25, -0.2) is 10.1 Å². The standard InChI is InChI=1S/C21H19N5O3/c1-3-26-11-16(18(27)15-9-8-12(2)23-19(15)26)20(28)22-10-17-13-6-4-5-7-14(13)21(29)25-24-17/h4-9,11H,3,10H2,1-2H3,(H,22,28)(H,25,29). The lowest BCUT2D eigenvalue weighted by Crippen LogP contribution is -2.30. The summed E-state index contributed by atoms with van der Waals surface area (Å²) in [7, 11) is 0. The molecule has 0 aliphatic heterocycles. The molecule has 8 nitrogen and oxygen atoms in total. The predicted octanol–water partition coefficient (Wildman–Crippen LogP) is 1.89. The molecule has 0 aliphatic rings. The van der Waals surface area contributed by atoms with E-state index in [2.05, 4.69) is 20.5 Å². The van der Waals surface area contributed by atoms with E-state index in [0.29, 0.717) is 34.0 Å². The van der Waals surface area contributed by atoms with Gasteiger partial charge in [0.25, 0.3) is 11.5 Å². The van der Waals surface area contributed by atoms with Gasteiger partial charge in [0.2, 0.25) is 5.43 Å². The lowest BCUT2D eigenvalue weighted by atomic mass is 10.1. The number of aromatic nitrogens is 4. The minimum absolute atomic E-state index is 0.0405. The summed E-state index contributed by atoms with van der Waals surface area (Å²) in [4.78, 5) is 41.9. The van der Waals surface area contributed by atoms with Gasteiger partial charge in [-0.3, -0.25) is 14.4 Å². The average molecular weight is 389 g/mol. The van der Waals surface area contributed by atoms with Crippen molar-refractivity contribution in [1.29, 1.82) is 0 Å². The van der Waals surface area contributed by atoms with Crippen LogP contribution >= 0.6 is 0 Å². The molecule has 0 bridgehead atoms. The first-order valence-corrected chi connectivity index (χ1v) is 9.25. The van der Waals surface area contributed by atoms with Gasteiger partial charge in [0.15, 0.2) is 0 Å². The van der Waals surface area contributed by atoms with Gasteiger partial charge < -0.3 is 9.88 Å². The molecule has 0 radical (unpaired) electrons. The lowest BCUT2D eigenvalue weighted by Gasteiger charge is -2.12. The topological polar surface area (TPSA) is 110 Å². The van der Waals surface area contributed by atoms with E-state index in [4.69, 9.17) is 0 Å². The minimum Gasteiger partial charge on any atom is -0.346 e. The first-order valence-electron chi connectivity index (χ1n) is 9.25. The van der Waals surface area contributed by atoms with Crippen LogP contribution in [-0.2, 0) is 13.1 Å². The van der Waals surface area contributed by atoms with Gasteiger partial charge in [-0.2, -0.15) is 5.10 Å². The number of pyridine rings is 2. The third-order valence-corrected chi connectivity index (χ3v) is 4.84. The Bertz CT molecular complexity index is 1370. The largest absolute Gasteiger partial charge is 0.346 e. The summed E-state index contributed by atoms with van der Waals surface area (Å²) in [6.07, 6.45) is 1.53. The van der Waals surface area contributed by atoms with E-state index in [1.54, 1.807) is 41.0 Å². The van der Waals surface area contributed by atoms with Crippen molar-refractivity contribution in [2.24, 2.45) is 0 Å². The van der Waals surface area contributed by atoms with Crippen LogP contribution in [0.25, 0.3) is 21.8 Å². The summed E-state index contributed by atoms with van der Waals surface area (Å²) < 4.78 is 1.78. The molecule has 3 aromatic heterocycles. The Kier molecular flexibility index (Phi) is 4.67. The summed E-state index contributed by atoms with van der Waals surface area (Å²) in [6.45, 7) is 4.42. The molecule has 1 aromatic carbocycles. The molecule has 0 fully saturated rings. The van der Waals surface area contributed by atoms with E-state index in [9.17, 15) is 14.4 Å². The minimum atomic E-state index is -0.503. The van der Waals surface area contributed by atoms with Crippen LogP contribution in [-0.4, -0.2) is 25.7 Å². The van der Waals surface area contributed by atoms with Gasteiger partial charge >= 0.3 is 0 Å². The van der Waals surface area contributed by atoms with E-state index in [1.807, 2.05) is 13.8 Å². The van der Waals surface area contributed by atoms with Crippen molar-refractivity contribution in [3.05, 3.63) is 80.1 Å². The Hall–Kier alpha value is -3.81. The summed E-state index contributed by atoms with van der Waals surface area (Å²) >= 11 is 0. The SMILES string of the molecule is CCn1cc(C(=O)NCc2n[nH]c(=O)c3ccccc23)c(=O)c2ccc(C)nc21. The Morgan fingerprint density at radius 1 is 1.10 bits per heavy atom. The predicted molar refractivity (Wildman–Crippen MR) is 110 cm³/mol. The Morgan fingerprint density at radius 2 is 1.86 bits per heavy atom. The highest BCUT2D eigenvalue weighted by Crippen LogP contribution is 2.13. The van der Waals surface area contributed by atoms with Crippen LogP contribution in [0.5, 0.6) is 0 Å². The highest BCUT2D eigenvalue weighted by atomic mass is 16.2. The lowest BCUT2D eigenvalue weighted by molar-refractivity contribution is 0.0949. The monoisotopic (exact) mass is 389 g/mol. The third-order valence-electron chi connectivity index (χ3n) is 4.84. The van der Waals surface area contributed by atoms with Gasteiger partial charge in [-0.1, -0.05) is 18.2 Å². The number of benzene rings is 1. The second-order valence-corrected chi connectivity index (χ2v) is 6.71. The molecular formula is C21H19N5O3. The van der Waals surface area contributed by atoms with Crippen molar-refractivity contribution in [2.75, 3.05) is 0 Å². The highest BCUT2D eigenvalue weighted by molar-refractivity contribution is 5.97. The van der Waals surface area contributed by atoms with Gasteiger partial charge in [0.05, 0.1) is 23.0 Å². The van der Waals surface area contributed by atoms with Crippen LogP contribution in [0.1, 0.15) is 28.7 Å². The molecule has 0 unspecified atom stereocenters. The quantitative estimate of drug-likeness (QED) is 0.554. The molecule has 4 rings (SSSR count). The molecule has 0 spiro atoms. The van der Waals surface area contributed by atoms with Crippen LogP contribution in [0, 0.1) is 6.92 Å². The second-order valence-electron chi connectivity index (χ2n) is 6.71. The van der Waals surface area contributed by atoms with E-state index in [0.717, 1.165) is 5.69 Å². The van der Waals surface area contributed by atoms with Gasteiger partial charge in [-0.15, -0.1) is 0 Å². The van der Waals surface area contributed by atoms with Crippen molar-refractivity contribution in [2.45, 2.75) is 26.9 Å². The molecule has 8 heteroatoms. The van der Waals surface area contributed by atoms with Crippen molar-refractivity contribution < 1.29 is 4.79 Å². The third kappa shape index (κ3) is 3.29. The average Bonchev–Trinajstić information content (AvgIpc) is 2.73. The first kappa shape index (κ1) is 18.5. The smallest absolute Gasteiger partial charge is 0.272 e. The zero-order valence-electron chi connectivity index (χ0n) is 16.0. The van der Waals surface area contributed by atoms with Crippen LogP contribution in [0.4, 0.5) is 0 Å². The molecule has 29 heavy (non-hydrogen) atoms. The fourth-order valence-corrected chi connectivity index (χ4v) is 3.33. The van der Waals surface area contributed by atoms with Crippen molar-refractivity contribution in [1.82, 2.24) is 25.1 Å². The zero-order chi connectivity index (χ0) is 20.5. The molecule has 0 saturated carbocycles. The maximum atomic E-state index is 12.8. The fourth-order valence-electron chi connectivity index (χ4n) is 3.33. The van der Waals surface area contributed by atoms with Crippen LogP contribution < -0.4 is 16.3 Å². The second kappa shape index (κ2) is 7.31. The summed E-state index contributed by atoms with van der Waals surface area (Å²) in [5, 5.41) is 10.8. The number of hydrogen-bond donors (Lipinski definition) is 2. The van der Waals surface area contributed by atoms with Crippen molar-refractivity contribution >= 4 is 27.7 Å². The van der Waals surface area contributed by atoms with Gasteiger partial charge in [0, 0.05) is 23.8 Å². The summed E-state index contributed by atoms with van der Waals surface area (Å²) in [5.41, 5.74) is 1.25. The number of H-pyrrole nitrogens is 1. The number of rotatable bonds is 4. The number of aryl methyl sites for hydroxylation is 2. The highest BCUT2D eigenvalue weighted by Gasteiger charge is 2.16. The molecule has 0 saturated heterocycles. The maximum Gasteiger partial charge on any atom is 0.272 e. The molecule has 0 atom stereocenters. The number of nitrogens with zero attached hydrogens (tertiary/aromatic N) is 3. The van der Waals surface area contributed by atoms with Crippen molar-refractivity contribution in [3.63, 3.8) is 0 Å².